The number of anilines is 1. The van der Waals surface area contributed by atoms with Crippen LogP contribution in [0.3, 0.4) is 0 Å². The first-order chi connectivity index (χ1) is 20.2. The van der Waals surface area contributed by atoms with Gasteiger partial charge in [-0.05, 0) is 66.6 Å². The zero-order valence-corrected chi connectivity index (χ0v) is 26.1. The fourth-order valence-electron chi connectivity index (χ4n) is 4.53. The number of nitrogens with zero attached hydrogens (tertiary/aromatic N) is 2. The Kier molecular flexibility index (Phi) is 10.8. The van der Waals surface area contributed by atoms with Crippen LogP contribution in [0, 0.1) is 0 Å². The molecule has 0 aliphatic carbocycles. The number of hydrogen-bond donors (Lipinski definition) is 1. The van der Waals surface area contributed by atoms with Crippen molar-refractivity contribution in [2.75, 3.05) is 17.4 Å². The molecule has 0 unspecified atom stereocenters. The number of hydrogen-bond acceptors (Lipinski definition) is 4. The molecule has 0 aliphatic rings. The molecule has 0 aliphatic heterocycles. The summed E-state index contributed by atoms with van der Waals surface area (Å²) in [4.78, 5) is 29.3. The van der Waals surface area contributed by atoms with Gasteiger partial charge >= 0.3 is 0 Å². The van der Waals surface area contributed by atoms with Crippen LogP contribution in [0.15, 0.2) is 119 Å². The van der Waals surface area contributed by atoms with E-state index in [0.717, 1.165) is 19.9 Å². The predicted octanol–water partition coefficient (Wildman–Crippen LogP) is 6.07. The van der Waals surface area contributed by atoms with E-state index < -0.39 is 28.5 Å². The van der Waals surface area contributed by atoms with Crippen LogP contribution in [0.4, 0.5) is 5.69 Å². The normalized spacial score (nSPS) is 11.9. The van der Waals surface area contributed by atoms with Gasteiger partial charge in [-0.3, -0.25) is 13.9 Å². The first kappa shape index (κ1) is 31.3. The summed E-state index contributed by atoms with van der Waals surface area (Å²) < 4.78 is 29.7. The van der Waals surface area contributed by atoms with Crippen molar-refractivity contribution in [3.05, 3.63) is 130 Å². The van der Waals surface area contributed by atoms with E-state index in [2.05, 4.69) is 21.2 Å². The van der Waals surface area contributed by atoms with Gasteiger partial charge in [0.15, 0.2) is 0 Å². The van der Waals surface area contributed by atoms with E-state index >= 15 is 0 Å². The lowest BCUT2D eigenvalue weighted by Crippen LogP contribution is -2.53. The molecule has 4 aromatic carbocycles. The summed E-state index contributed by atoms with van der Waals surface area (Å²) in [6.45, 7) is 1.75. The van der Waals surface area contributed by atoms with Crippen LogP contribution < -0.4 is 9.62 Å². The van der Waals surface area contributed by atoms with Crippen molar-refractivity contribution >= 4 is 55.1 Å². The van der Waals surface area contributed by atoms with Crippen molar-refractivity contribution in [3.8, 4) is 0 Å². The Morgan fingerprint density at radius 1 is 0.857 bits per heavy atom. The largest absolute Gasteiger partial charge is 0.355 e. The molecule has 1 atom stereocenters. The standard InChI is InChI=1S/C32H31BrClN3O4S/c1-2-35-32(39)30(21-24-10-5-3-6-11-24)36(22-25-12-9-13-26(33)20-25)31(38)23-37(28-18-16-27(34)17-19-28)42(40,41)29-14-7-4-8-15-29/h3-20,30H,2,21-23H2,1H3,(H,35,39)/t30-/m1/s1. The molecular weight excluding hydrogens is 638 g/mol. The van der Waals surface area contributed by atoms with E-state index in [1.165, 1.54) is 17.0 Å². The lowest BCUT2D eigenvalue weighted by atomic mass is 10.0. The number of carbonyl (C=O) groups excluding carboxylic acids is 2. The van der Waals surface area contributed by atoms with Gasteiger partial charge in [-0.1, -0.05) is 88.2 Å². The highest BCUT2D eigenvalue weighted by Gasteiger charge is 2.34. The van der Waals surface area contributed by atoms with Crippen LogP contribution in [-0.2, 0) is 32.6 Å². The van der Waals surface area contributed by atoms with E-state index in [1.807, 2.05) is 61.5 Å². The van der Waals surface area contributed by atoms with Crippen LogP contribution in [0.25, 0.3) is 0 Å². The molecule has 2 amide bonds. The highest BCUT2D eigenvalue weighted by atomic mass is 79.9. The molecule has 0 fully saturated rings. The summed E-state index contributed by atoms with van der Waals surface area (Å²) in [6.07, 6.45) is 0.249. The van der Waals surface area contributed by atoms with Gasteiger partial charge in [-0.15, -0.1) is 0 Å². The first-order valence-electron chi connectivity index (χ1n) is 13.4. The summed E-state index contributed by atoms with van der Waals surface area (Å²) in [5, 5.41) is 3.29. The topological polar surface area (TPSA) is 86.8 Å². The molecule has 10 heteroatoms. The molecular formula is C32H31BrClN3O4S. The Hall–Kier alpha value is -3.66. The maximum atomic E-state index is 14.3. The van der Waals surface area contributed by atoms with Crippen LogP contribution in [-0.4, -0.2) is 44.3 Å². The summed E-state index contributed by atoms with van der Waals surface area (Å²) in [5.41, 5.74) is 1.92. The van der Waals surface area contributed by atoms with Gasteiger partial charge in [0.05, 0.1) is 10.6 Å². The van der Waals surface area contributed by atoms with Gasteiger partial charge in [0, 0.05) is 29.0 Å². The molecule has 42 heavy (non-hydrogen) atoms. The second-order valence-electron chi connectivity index (χ2n) is 9.55. The molecule has 0 heterocycles. The maximum absolute atomic E-state index is 14.3. The Balaban J connectivity index is 1.78. The Morgan fingerprint density at radius 2 is 1.48 bits per heavy atom. The molecule has 0 saturated heterocycles. The van der Waals surface area contributed by atoms with Gasteiger partial charge < -0.3 is 10.2 Å². The Morgan fingerprint density at radius 3 is 2.10 bits per heavy atom. The third-order valence-corrected chi connectivity index (χ3v) is 9.12. The van der Waals surface area contributed by atoms with Crippen molar-refractivity contribution in [1.29, 1.82) is 0 Å². The van der Waals surface area contributed by atoms with Gasteiger partial charge in [0.1, 0.15) is 12.6 Å². The average Bonchev–Trinajstić information content (AvgIpc) is 2.99. The third kappa shape index (κ3) is 8.00. The number of nitrogens with one attached hydrogen (secondary N) is 1. The van der Waals surface area contributed by atoms with Gasteiger partial charge in [-0.25, -0.2) is 8.42 Å². The fraction of sp³-hybridized carbons (Fsp3) is 0.188. The molecule has 0 aromatic heterocycles. The molecule has 4 rings (SSSR count). The molecule has 218 valence electrons. The zero-order chi connectivity index (χ0) is 30.1. The minimum absolute atomic E-state index is 0.0378. The van der Waals surface area contributed by atoms with Crippen molar-refractivity contribution < 1.29 is 18.0 Å². The molecule has 0 bridgehead atoms. The summed E-state index contributed by atoms with van der Waals surface area (Å²) in [5.74, 6) is -0.856. The lowest BCUT2D eigenvalue weighted by molar-refractivity contribution is -0.140. The first-order valence-corrected chi connectivity index (χ1v) is 16.0. The predicted molar refractivity (Wildman–Crippen MR) is 170 cm³/mol. The van der Waals surface area contributed by atoms with Gasteiger partial charge in [0.25, 0.3) is 10.0 Å². The number of rotatable bonds is 12. The van der Waals surface area contributed by atoms with E-state index in [9.17, 15) is 18.0 Å². The van der Waals surface area contributed by atoms with E-state index in [1.54, 1.807) is 42.5 Å². The van der Waals surface area contributed by atoms with Gasteiger partial charge in [-0.2, -0.15) is 0 Å². The second-order valence-corrected chi connectivity index (χ2v) is 12.8. The average molecular weight is 669 g/mol. The SMILES string of the molecule is CCNC(=O)[C@@H](Cc1ccccc1)N(Cc1cccc(Br)c1)C(=O)CN(c1ccc(Cl)cc1)S(=O)(=O)c1ccccc1. The molecule has 0 radical (unpaired) electrons. The third-order valence-electron chi connectivity index (χ3n) is 6.59. The number of halogens is 2. The summed E-state index contributed by atoms with van der Waals surface area (Å²) >= 11 is 9.58. The molecule has 1 N–H and O–H groups in total. The Bertz CT molecular complexity index is 1600. The van der Waals surface area contributed by atoms with Crippen LogP contribution in [0.2, 0.25) is 5.02 Å². The second kappa shape index (κ2) is 14.5. The highest BCUT2D eigenvalue weighted by Crippen LogP contribution is 2.26. The number of sulfonamides is 1. The van der Waals surface area contributed by atoms with Crippen molar-refractivity contribution in [2.45, 2.75) is 30.8 Å². The Labute approximate surface area is 260 Å². The minimum Gasteiger partial charge on any atom is -0.355 e. The summed E-state index contributed by atoms with van der Waals surface area (Å²) in [7, 11) is -4.16. The van der Waals surface area contributed by atoms with Crippen molar-refractivity contribution in [1.82, 2.24) is 10.2 Å². The van der Waals surface area contributed by atoms with Crippen molar-refractivity contribution in [3.63, 3.8) is 0 Å². The highest BCUT2D eigenvalue weighted by molar-refractivity contribution is 9.10. The minimum atomic E-state index is -4.16. The number of amides is 2. The smallest absolute Gasteiger partial charge is 0.264 e. The fourth-order valence-corrected chi connectivity index (χ4v) is 6.54. The molecule has 4 aromatic rings. The number of carbonyl (C=O) groups is 2. The zero-order valence-electron chi connectivity index (χ0n) is 23.0. The van der Waals surface area contributed by atoms with Gasteiger partial charge in [0.2, 0.25) is 11.8 Å². The quantitative estimate of drug-likeness (QED) is 0.199. The lowest BCUT2D eigenvalue weighted by Gasteiger charge is -2.34. The number of benzene rings is 4. The van der Waals surface area contributed by atoms with Crippen LogP contribution in [0.1, 0.15) is 18.1 Å². The maximum Gasteiger partial charge on any atom is 0.264 e. The monoisotopic (exact) mass is 667 g/mol. The van der Waals surface area contributed by atoms with E-state index in [-0.39, 0.29) is 29.5 Å². The van der Waals surface area contributed by atoms with Crippen LogP contribution in [0.5, 0.6) is 0 Å². The van der Waals surface area contributed by atoms with E-state index in [0.29, 0.717) is 11.6 Å². The number of likely N-dealkylation sites (N-methyl/N-ethyl adjacent to an activating group) is 1. The molecule has 7 nitrogen and oxygen atoms in total. The molecule has 0 saturated carbocycles. The van der Waals surface area contributed by atoms with Crippen LogP contribution >= 0.6 is 27.5 Å². The summed E-state index contributed by atoms with van der Waals surface area (Å²) in [6, 6.07) is 30.2. The molecule has 0 spiro atoms. The van der Waals surface area contributed by atoms with Crippen molar-refractivity contribution in [2.24, 2.45) is 0 Å². The van der Waals surface area contributed by atoms with E-state index in [4.69, 9.17) is 11.6 Å².